The van der Waals surface area contributed by atoms with Gasteiger partial charge in [-0.1, -0.05) is 13.8 Å². The van der Waals surface area contributed by atoms with Crippen LogP contribution in [0.1, 0.15) is 13.8 Å². The summed E-state index contributed by atoms with van der Waals surface area (Å²) >= 11 is 0. The molecule has 0 radical (unpaired) electrons. The molecule has 0 fully saturated rings. The lowest BCUT2D eigenvalue weighted by molar-refractivity contribution is 0.103. The number of hydrogen-bond acceptors (Lipinski definition) is 5. The van der Waals surface area contributed by atoms with Crippen LogP contribution in [0.25, 0.3) is 11.0 Å². The van der Waals surface area contributed by atoms with Crippen LogP contribution < -0.4 is 10.1 Å². The molecule has 1 atom stereocenters. The van der Waals surface area contributed by atoms with Crippen molar-refractivity contribution in [2.24, 2.45) is 0 Å². The van der Waals surface area contributed by atoms with Crippen LogP contribution in [0, 0.1) is 0 Å². The van der Waals surface area contributed by atoms with Gasteiger partial charge in [0.1, 0.15) is 18.3 Å². The summed E-state index contributed by atoms with van der Waals surface area (Å²) in [5.41, 5.74) is 0.731. The van der Waals surface area contributed by atoms with Gasteiger partial charge in [-0.25, -0.2) is 4.98 Å². The monoisotopic (exact) mass is 250 g/mol. The number of aliphatic hydroxyl groups excluding tert-OH is 1. The molecule has 0 aliphatic rings. The predicted octanol–water partition coefficient (Wildman–Crippen LogP) is 1.57. The first kappa shape index (κ1) is 12.9. The zero-order valence-corrected chi connectivity index (χ0v) is 10.6. The number of hydrogen-bond donors (Lipinski definition) is 2. The Kier molecular flexibility index (Phi) is 4.17. The van der Waals surface area contributed by atoms with Gasteiger partial charge in [-0.2, -0.15) is 0 Å². The Hall–Kier alpha value is -1.59. The second-order valence-electron chi connectivity index (χ2n) is 4.48. The van der Waals surface area contributed by atoms with Gasteiger partial charge in [0.25, 0.3) is 0 Å². The van der Waals surface area contributed by atoms with Crippen LogP contribution in [0.3, 0.4) is 0 Å². The lowest BCUT2D eigenvalue weighted by atomic mass is 10.3. The van der Waals surface area contributed by atoms with E-state index >= 15 is 0 Å². The molecule has 18 heavy (non-hydrogen) atoms. The minimum atomic E-state index is -0.559. The summed E-state index contributed by atoms with van der Waals surface area (Å²) in [4.78, 5) is 4.13. The van der Waals surface area contributed by atoms with Gasteiger partial charge < -0.3 is 19.6 Å². The fourth-order valence-electron chi connectivity index (χ4n) is 1.59. The van der Waals surface area contributed by atoms with Gasteiger partial charge in [-0.3, -0.25) is 0 Å². The number of rotatable bonds is 6. The highest BCUT2D eigenvalue weighted by Crippen LogP contribution is 2.23. The molecule has 0 spiro atoms. The zero-order chi connectivity index (χ0) is 13.0. The van der Waals surface area contributed by atoms with Crippen molar-refractivity contribution in [2.45, 2.75) is 26.0 Å². The molecule has 5 heteroatoms. The molecule has 0 aliphatic heterocycles. The molecule has 2 rings (SSSR count). The summed E-state index contributed by atoms with van der Waals surface area (Å²) in [6.45, 7) is 4.76. The maximum atomic E-state index is 9.74. The smallest absolute Gasteiger partial charge is 0.224 e. The van der Waals surface area contributed by atoms with Crippen LogP contribution in [0.2, 0.25) is 0 Å². The van der Waals surface area contributed by atoms with E-state index in [9.17, 15) is 5.11 Å². The van der Waals surface area contributed by atoms with E-state index in [1.165, 1.54) is 0 Å². The fourth-order valence-corrected chi connectivity index (χ4v) is 1.59. The van der Waals surface area contributed by atoms with E-state index in [0.717, 1.165) is 11.0 Å². The molecular weight excluding hydrogens is 232 g/mol. The van der Waals surface area contributed by atoms with Gasteiger partial charge in [0.2, 0.25) is 5.88 Å². The lowest BCUT2D eigenvalue weighted by Gasteiger charge is -2.14. The largest absolute Gasteiger partial charge is 0.474 e. The predicted molar refractivity (Wildman–Crippen MR) is 68.6 cm³/mol. The molecule has 0 saturated heterocycles. The molecule has 0 saturated carbocycles. The van der Waals surface area contributed by atoms with Crippen LogP contribution in [0.4, 0.5) is 0 Å². The molecular formula is C13H18N2O3. The van der Waals surface area contributed by atoms with Crippen LogP contribution in [0.15, 0.2) is 29.0 Å². The van der Waals surface area contributed by atoms with E-state index in [2.05, 4.69) is 10.3 Å². The van der Waals surface area contributed by atoms with Crippen molar-refractivity contribution < 1.29 is 14.3 Å². The van der Waals surface area contributed by atoms with Gasteiger partial charge in [-0.15, -0.1) is 0 Å². The van der Waals surface area contributed by atoms with Crippen LogP contribution >= 0.6 is 0 Å². The van der Waals surface area contributed by atoms with Gasteiger partial charge in [0.15, 0.2) is 0 Å². The van der Waals surface area contributed by atoms with E-state index in [0.29, 0.717) is 18.5 Å². The molecule has 5 nitrogen and oxygen atoms in total. The number of aromatic nitrogens is 1. The Morgan fingerprint density at radius 1 is 1.44 bits per heavy atom. The van der Waals surface area contributed by atoms with E-state index < -0.39 is 6.10 Å². The maximum Gasteiger partial charge on any atom is 0.224 e. The van der Waals surface area contributed by atoms with Crippen molar-refractivity contribution in [1.29, 1.82) is 0 Å². The first-order valence-electron chi connectivity index (χ1n) is 6.03. The Morgan fingerprint density at radius 2 is 2.28 bits per heavy atom. The summed E-state index contributed by atoms with van der Waals surface area (Å²) in [5, 5.41) is 13.7. The quantitative estimate of drug-likeness (QED) is 0.814. The highest BCUT2D eigenvalue weighted by molar-refractivity contribution is 5.81. The molecule has 2 heterocycles. The van der Waals surface area contributed by atoms with Crippen LogP contribution in [-0.4, -0.2) is 35.4 Å². The average molecular weight is 250 g/mol. The van der Waals surface area contributed by atoms with Crippen molar-refractivity contribution in [2.75, 3.05) is 13.2 Å². The van der Waals surface area contributed by atoms with Gasteiger partial charge >= 0.3 is 0 Å². The van der Waals surface area contributed by atoms with E-state index in [1.807, 2.05) is 13.8 Å². The Balaban J connectivity index is 1.91. The molecule has 98 valence electrons. The lowest BCUT2D eigenvalue weighted by Crippen LogP contribution is -2.35. The normalized spacial score (nSPS) is 13.1. The number of nitrogens with zero attached hydrogens (tertiary/aromatic N) is 1. The van der Waals surface area contributed by atoms with E-state index in [1.54, 1.807) is 24.6 Å². The number of pyridine rings is 1. The number of aliphatic hydroxyl groups is 1. The summed E-state index contributed by atoms with van der Waals surface area (Å²) in [5.74, 6) is 0.491. The van der Waals surface area contributed by atoms with Gasteiger partial charge in [-0.05, 0) is 12.1 Å². The molecule has 0 aromatic carbocycles. The minimum Gasteiger partial charge on any atom is -0.474 e. The van der Waals surface area contributed by atoms with Crippen LogP contribution in [0.5, 0.6) is 5.88 Å². The Labute approximate surface area is 106 Å². The van der Waals surface area contributed by atoms with Crippen molar-refractivity contribution in [3.8, 4) is 5.88 Å². The molecule has 0 amide bonds. The molecule has 2 aromatic heterocycles. The number of fused-ring (bicyclic) bond motifs is 1. The highest BCUT2D eigenvalue weighted by atomic mass is 16.5. The SMILES string of the molecule is CC(C)NCC(O)COc1nccc2occc12. The third-order valence-corrected chi connectivity index (χ3v) is 2.52. The number of nitrogens with one attached hydrogen (secondary N) is 1. The Morgan fingerprint density at radius 3 is 3.06 bits per heavy atom. The van der Waals surface area contributed by atoms with Crippen LogP contribution in [-0.2, 0) is 0 Å². The molecule has 1 unspecified atom stereocenters. The van der Waals surface area contributed by atoms with Crippen molar-refractivity contribution in [3.63, 3.8) is 0 Å². The summed E-state index contributed by atoms with van der Waals surface area (Å²) in [6.07, 6.45) is 2.66. The first-order valence-corrected chi connectivity index (χ1v) is 6.03. The third-order valence-electron chi connectivity index (χ3n) is 2.52. The first-order chi connectivity index (χ1) is 8.66. The molecule has 2 aromatic rings. The van der Waals surface area contributed by atoms with Gasteiger partial charge in [0.05, 0.1) is 11.6 Å². The third kappa shape index (κ3) is 3.21. The van der Waals surface area contributed by atoms with Crippen molar-refractivity contribution in [3.05, 3.63) is 24.6 Å². The topological polar surface area (TPSA) is 67.5 Å². The minimum absolute atomic E-state index is 0.205. The van der Waals surface area contributed by atoms with Crippen molar-refractivity contribution >= 4 is 11.0 Å². The second-order valence-corrected chi connectivity index (χ2v) is 4.48. The molecule has 0 aliphatic carbocycles. The fraction of sp³-hybridized carbons (Fsp3) is 0.462. The number of ether oxygens (including phenoxy) is 1. The standard InChI is InChI=1S/C13H18N2O3/c1-9(2)15-7-10(16)8-18-13-11-4-6-17-12(11)3-5-14-13/h3-6,9-10,15-16H,7-8H2,1-2H3. The molecule has 0 bridgehead atoms. The summed E-state index contributed by atoms with van der Waals surface area (Å²) < 4.78 is 10.8. The number of furan rings is 1. The summed E-state index contributed by atoms with van der Waals surface area (Å²) in [7, 11) is 0. The maximum absolute atomic E-state index is 9.74. The van der Waals surface area contributed by atoms with Crippen molar-refractivity contribution in [1.82, 2.24) is 10.3 Å². The second kappa shape index (κ2) is 5.84. The average Bonchev–Trinajstić information content (AvgIpc) is 2.82. The van der Waals surface area contributed by atoms with E-state index in [-0.39, 0.29) is 6.61 Å². The van der Waals surface area contributed by atoms with E-state index in [4.69, 9.17) is 9.15 Å². The summed E-state index contributed by atoms with van der Waals surface area (Å²) in [6, 6.07) is 3.92. The zero-order valence-electron chi connectivity index (χ0n) is 10.6. The van der Waals surface area contributed by atoms with Gasteiger partial charge in [0, 0.05) is 18.8 Å². The Bertz CT molecular complexity index is 496. The molecule has 2 N–H and O–H groups in total. The highest BCUT2D eigenvalue weighted by Gasteiger charge is 2.09.